The molecule has 1 saturated heterocycles. The Labute approximate surface area is 110 Å². The Morgan fingerprint density at radius 2 is 2.33 bits per heavy atom. The highest BCUT2D eigenvalue weighted by molar-refractivity contribution is 5.04. The van der Waals surface area contributed by atoms with Crippen LogP contribution in [0.2, 0.25) is 0 Å². The number of hydrogen-bond donors (Lipinski definition) is 1. The average Bonchev–Trinajstić information content (AvgIpc) is 2.79. The molecule has 2 heterocycles. The van der Waals surface area contributed by atoms with E-state index in [1.54, 1.807) is 0 Å². The van der Waals surface area contributed by atoms with Gasteiger partial charge in [-0.05, 0) is 31.7 Å². The van der Waals surface area contributed by atoms with Crippen LogP contribution in [0.25, 0.3) is 0 Å². The summed E-state index contributed by atoms with van der Waals surface area (Å²) >= 11 is 0. The van der Waals surface area contributed by atoms with Gasteiger partial charge in [0.15, 0.2) is 0 Å². The first-order valence-corrected chi connectivity index (χ1v) is 7.18. The second-order valence-electron chi connectivity index (χ2n) is 5.60. The maximum Gasteiger partial charge on any atom is 0.0534 e. The molecule has 2 N–H and O–H groups in total. The number of hydrogen-bond acceptors (Lipinski definition) is 3. The third-order valence-electron chi connectivity index (χ3n) is 3.90. The van der Waals surface area contributed by atoms with Gasteiger partial charge in [0.05, 0.1) is 6.20 Å². The molecule has 102 valence electrons. The molecule has 0 saturated carbocycles. The molecule has 2 rings (SSSR count). The molecule has 0 aliphatic carbocycles. The molecule has 18 heavy (non-hydrogen) atoms. The van der Waals surface area contributed by atoms with Gasteiger partial charge in [0.2, 0.25) is 0 Å². The largest absolute Gasteiger partial charge is 0.329 e. The summed E-state index contributed by atoms with van der Waals surface area (Å²) in [5.41, 5.74) is 7.22. The molecule has 4 nitrogen and oxygen atoms in total. The van der Waals surface area contributed by atoms with Gasteiger partial charge in [0, 0.05) is 37.4 Å². The van der Waals surface area contributed by atoms with Gasteiger partial charge < -0.3 is 5.73 Å². The monoisotopic (exact) mass is 250 g/mol. The van der Waals surface area contributed by atoms with Crippen LogP contribution >= 0.6 is 0 Å². The highest BCUT2D eigenvalue weighted by Gasteiger charge is 2.25. The van der Waals surface area contributed by atoms with E-state index in [4.69, 9.17) is 5.73 Å². The van der Waals surface area contributed by atoms with Gasteiger partial charge in [0.1, 0.15) is 0 Å². The maximum absolute atomic E-state index is 5.90. The number of aromatic nitrogens is 2. The topological polar surface area (TPSA) is 47.1 Å². The standard InChI is InChI=1S/C14H26N4/c1-3-5-18-11-13(9-16-18)10-17-6-4-12(2)7-14(17)8-15/h9,11-12,14H,3-8,10,15H2,1-2H3. The smallest absolute Gasteiger partial charge is 0.0534 e. The quantitative estimate of drug-likeness (QED) is 0.867. The second-order valence-corrected chi connectivity index (χ2v) is 5.60. The van der Waals surface area contributed by atoms with E-state index in [0.29, 0.717) is 6.04 Å². The molecule has 0 aromatic carbocycles. The van der Waals surface area contributed by atoms with Crippen molar-refractivity contribution in [1.82, 2.24) is 14.7 Å². The van der Waals surface area contributed by atoms with Crippen LogP contribution < -0.4 is 5.73 Å². The molecule has 4 heteroatoms. The average molecular weight is 250 g/mol. The van der Waals surface area contributed by atoms with Crippen molar-refractivity contribution in [2.75, 3.05) is 13.1 Å². The number of nitrogens with zero attached hydrogens (tertiary/aromatic N) is 3. The summed E-state index contributed by atoms with van der Waals surface area (Å²) in [6, 6.07) is 0.545. The Kier molecular flexibility index (Phi) is 4.78. The van der Waals surface area contributed by atoms with Gasteiger partial charge in [-0.15, -0.1) is 0 Å². The third kappa shape index (κ3) is 3.33. The fourth-order valence-electron chi connectivity index (χ4n) is 2.83. The minimum atomic E-state index is 0.545. The molecule has 0 radical (unpaired) electrons. The lowest BCUT2D eigenvalue weighted by atomic mass is 9.92. The van der Waals surface area contributed by atoms with E-state index in [9.17, 15) is 0 Å². The van der Waals surface area contributed by atoms with Gasteiger partial charge in [-0.25, -0.2) is 0 Å². The Hall–Kier alpha value is -0.870. The summed E-state index contributed by atoms with van der Waals surface area (Å²) in [6.07, 6.45) is 7.84. The van der Waals surface area contributed by atoms with E-state index in [-0.39, 0.29) is 0 Å². The van der Waals surface area contributed by atoms with E-state index < -0.39 is 0 Å². The summed E-state index contributed by atoms with van der Waals surface area (Å²) in [6.45, 7) is 8.46. The molecule has 1 aliphatic rings. The number of piperidine rings is 1. The first-order chi connectivity index (χ1) is 8.72. The Bertz CT molecular complexity index is 360. The minimum Gasteiger partial charge on any atom is -0.329 e. The van der Waals surface area contributed by atoms with Crippen LogP contribution in [0, 0.1) is 5.92 Å². The first kappa shape index (κ1) is 13.6. The highest BCUT2D eigenvalue weighted by Crippen LogP contribution is 2.23. The maximum atomic E-state index is 5.90. The second kappa shape index (κ2) is 6.34. The Morgan fingerprint density at radius 1 is 1.50 bits per heavy atom. The highest BCUT2D eigenvalue weighted by atomic mass is 15.3. The molecule has 1 fully saturated rings. The summed E-state index contributed by atoms with van der Waals surface area (Å²) in [7, 11) is 0. The Balaban J connectivity index is 1.94. The first-order valence-electron chi connectivity index (χ1n) is 7.18. The van der Waals surface area contributed by atoms with E-state index >= 15 is 0 Å². The summed E-state index contributed by atoms with van der Waals surface area (Å²) in [5.74, 6) is 0.817. The molecule has 0 bridgehead atoms. The predicted molar refractivity (Wildman–Crippen MR) is 74.2 cm³/mol. The van der Waals surface area contributed by atoms with Gasteiger partial charge in [-0.1, -0.05) is 13.8 Å². The van der Waals surface area contributed by atoms with Gasteiger partial charge in [-0.2, -0.15) is 5.10 Å². The van der Waals surface area contributed by atoms with E-state index in [2.05, 4.69) is 30.0 Å². The zero-order valence-corrected chi connectivity index (χ0v) is 11.7. The van der Waals surface area contributed by atoms with E-state index in [1.165, 1.54) is 24.9 Å². The van der Waals surface area contributed by atoms with Gasteiger partial charge in [-0.3, -0.25) is 9.58 Å². The molecule has 1 aliphatic heterocycles. The van der Waals surface area contributed by atoms with Crippen molar-refractivity contribution in [2.45, 2.75) is 52.2 Å². The molecule has 0 spiro atoms. The summed E-state index contributed by atoms with van der Waals surface area (Å²) in [5, 5.41) is 4.40. The van der Waals surface area contributed by atoms with Crippen molar-refractivity contribution in [3.63, 3.8) is 0 Å². The van der Waals surface area contributed by atoms with Crippen molar-refractivity contribution in [3.8, 4) is 0 Å². The van der Waals surface area contributed by atoms with Crippen LogP contribution in [-0.2, 0) is 13.1 Å². The summed E-state index contributed by atoms with van der Waals surface area (Å²) < 4.78 is 2.04. The lowest BCUT2D eigenvalue weighted by Gasteiger charge is -2.37. The fourth-order valence-corrected chi connectivity index (χ4v) is 2.83. The van der Waals surface area contributed by atoms with Crippen molar-refractivity contribution in [3.05, 3.63) is 18.0 Å². The van der Waals surface area contributed by atoms with E-state index in [0.717, 1.165) is 32.0 Å². The number of nitrogens with two attached hydrogens (primary N) is 1. The normalized spacial score (nSPS) is 25.5. The van der Waals surface area contributed by atoms with Gasteiger partial charge in [0.25, 0.3) is 0 Å². The van der Waals surface area contributed by atoms with Crippen molar-refractivity contribution in [1.29, 1.82) is 0 Å². The van der Waals surface area contributed by atoms with Gasteiger partial charge >= 0.3 is 0 Å². The van der Waals surface area contributed by atoms with Crippen LogP contribution in [0.3, 0.4) is 0 Å². The molecule has 2 unspecified atom stereocenters. The lowest BCUT2D eigenvalue weighted by Crippen LogP contribution is -2.45. The fraction of sp³-hybridized carbons (Fsp3) is 0.786. The predicted octanol–water partition coefficient (Wildman–Crippen LogP) is 1.85. The van der Waals surface area contributed by atoms with Crippen molar-refractivity contribution < 1.29 is 0 Å². The number of rotatable bonds is 5. The van der Waals surface area contributed by atoms with Crippen molar-refractivity contribution in [2.24, 2.45) is 11.7 Å². The van der Waals surface area contributed by atoms with Crippen LogP contribution in [-0.4, -0.2) is 33.8 Å². The van der Waals surface area contributed by atoms with Crippen molar-refractivity contribution >= 4 is 0 Å². The van der Waals surface area contributed by atoms with Crippen LogP contribution in [0.4, 0.5) is 0 Å². The lowest BCUT2D eigenvalue weighted by molar-refractivity contribution is 0.115. The van der Waals surface area contributed by atoms with Crippen LogP contribution in [0.15, 0.2) is 12.4 Å². The molecular formula is C14H26N4. The molecule has 1 aromatic rings. The molecule has 1 aromatic heterocycles. The van der Waals surface area contributed by atoms with Crippen LogP contribution in [0.5, 0.6) is 0 Å². The van der Waals surface area contributed by atoms with Crippen LogP contribution in [0.1, 0.15) is 38.7 Å². The molecule has 0 amide bonds. The summed E-state index contributed by atoms with van der Waals surface area (Å²) in [4.78, 5) is 2.52. The zero-order chi connectivity index (χ0) is 13.0. The Morgan fingerprint density at radius 3 is 3.06 bits per heavy atom. The number of likely N-dealkylation sites (tertiary alicyclic amines) is 1. The molecular weight excluding hydrogens is 224 g/mol. The molecule has 2 atom stereocenters. The SMILES string of the molecule is CCCn1cc(CN2CCC(C)CC2CN)cn1. The van der Waals surface area contributed by atoms with E-state index in [1.807, 2.05) is 10.9 Å². The minimum absolute atomic E-state index is 0.545. The third-order valence-corrected chi connectivity index (χ3v) is 3.90. The zero-order valence-electron chi connectivity index (χ0n) is 11.7. The number of aryl methyl sites for hydroxylation is 1.